The Labute approximate surface area is 96.8 Å². The van der Waals surface area contributed by atoms with Crippen molar-refractivity contribution in [1.29, 1.82) is 0 Å². The van der Waals surface area contributed by atoms with E-state index in [1.165, 1.54) is 31.2 Å². The van der Waals surface area contributed by atoms with Crippen LogP contribution in [0.15, 0.2) is 24.3 Å². The quantitative estimate of drug-likeness (QED) is 0.861. The molecule has 0 aliphatic carbocycles. The Morgan fingerprint density at radius 1 is 1.35 bits per heavy atom. The first-order chi connectivity index (χ1) is 7.78. The second-order valence-corrected chi connectivity index (χ2v) is 3.73. The number of benzene rings is 1. The Morgan fingerprint density at radius 3 is 2.29 bits per heavy atom. The highest BCUT2D eigenvalue weighted by Gasteiger charge is 2.30. The lowest BCUT2D eigenvalue weighted by Gasteiger charge is -2.14. The topological polar surface area (TPSA) is 55.1 Å². The van der Waals surface area contributed by atoms with Gasteiger partial charge in [0.1, 0.15) is 0 Å². The average molecular weight is 246 g/mol. The van der Waals surface area contributed by atoms with Crippen LogP contribution >= 0.6 is 0 Å². The van der Waals surface area contributed by atoms with Crippen LogP contribution in [0, 0.1) is 0 Å². The number of amides is 1. The van der Waals surface area contributed by atoms with E-state index in [1.807, 2.05) is 0 Å². The predicted octanol–water partition coefficient (Wildman–Crippen LogP) is 2.60. The molecule has 1 aromatic carbocycles. The van der Waals surface area contributed by atoms with Crippen LogP contribution < -0.4 is 11.1 Å². The number of anilines is 1. The lowest BCUT2D eigenvalue weighted by molar-refractivity contribution is -0.138. The molecular formula is C11H13F3N2O. The molecule has 6 heteroatoms. The Kier molecular flexibility index (Phi) is 4.11. The summed E-state index contributed by atoms with van der Waals surface area (Å²) in [6.07, 6.45) is -5.35. The zero-order chi connectivity index (χ0) is 13.1. The highest BCUT2D eigenvalue weighted by Crippen LogP contribution is 2.28. The monoisotopic (exact) mass is 246 g/mol. The number of carbonyl (C=O) groups is 1. The number of hydrogen-bond acceptors (Lipinski definition) is 2. The summed E-state index contributed by atoms with van der Waals surface area (Å²) in [5, 5.41) is 2.52. The minimum atomic E-state index is -4.28. The summed E-state index contributed by atoms with van der Waals surface area (Å²) in [7, 11) is 0. The molecule has 0 saturated carbocycles. The van der Waals surface area contributed by atoms with Crippen molar-refractivity contribution in [1.82, 2.24) is 0 Å². The smallest absolute Gasteiger partial charge is 0.326 e. The van der Waals surface area contributed by atoms with Crippen LogP contribution in [0.3, 0.4) is 0 Å². The molecule has 3 N–H and O–H groups in total. The Hall–Kier alpha value is -1.56. The van der Waals surface area contributed by atoms with Crippen molar-refractivity contribution in [3.63, 3.8) is 0 Å². The summed E-state index contributed by atoms with van der Waals surface area (Å²) < 4.78 is 36.3. The van der Waals surface area contributed by atoms with E-state index < -0.39 is 18.6 Å². The van der Waals surface area contributed by atoms with Crippen molar-refractivity contribution in [2.75, 3.05) is 5.32 Å². The van der Waals surface area contributed by atoms with Crippen LogP contribution in [-0.2, 0) is 4.79 Å². The molecule has 0 spiro atoms. The van der Waals surface area contributed by atoms with Gasteiger partial charge in [0, 0.05) is 18.7 Å². The molecule has 1 atom stereocenters. The number of nitrogens with two attached hydrogens (primary N) is 1. The first kappa shape index (κ1) is 13.5. The molecule has 17 heavy (non-hydrogen) atoms. The number of carbonyl (C=O) groups excluding carboxylic acids is 1. The maximum Gasteiger partial charge on any atom is 0.390 e. The van der Waals surface area contributed by atoms with E-state index in [9.17, 15) is 18.0 Å². The van der Waals surface area contributed by atoms with Crippen molar-refractivity contribution in [3.8, 4) is 0 Å². The largest absolute Gasteiger partial charge is 0.390 e. The van der Waals surface area contributed by atoms with Crippen molar-refractivity contribution < 1.29 is 18.0 Å². The zero-order valence-electron chi connectivity index (χ0n) is 9.21. The zero-order valence-corrected chi connectivity index (χ0v) is 9.21. The number of halogens is 3. The standard InChI is InChI=1S/C11H13F3N2O/c1-7(17)16-9-4-2-8(3-5-9)10(15)6-11(12,13)14/h2-5,10H,6,15H2,1H3,(H,16,17)/t10-/m0/s1. The van der Waals surface area contributed by atoms with Gasteiger partial charge in [-0.15, -0.1) is 0 Å². The van der Waals surface area contributed by atoms with Gasteiger partial charge in [0.05, 0.1) is 6.42 Å². The normalized spacial score (nSPS) is 13.2. The first-order valence-electron chi connectivity index (χ1n) is 4.98. The second kappa shape index (κ2) is 5.18. The van der Waals surface area contributed by atoms with Crippen molar-refractivity contribution in [3.05, 3.63) is 29.8 Å². The Balaban J connectivity index is 2.70. The maximum absolute atomic E-state index is 12.1. The van der Waals surface area contributed by atoms with Gasteiger partial charge in [0.2, 0.25) is 5.91 Å². The van der Waals surface area contributed by atoms with E-state index in [0.29, 0.717) is 11.3 Å². The highest BCUT2D eigenvalue weighted by molar-refractivity contribution is 5.88. The third-order valence-electron chi connectivity index (χ3n) is 2.11. The SMILES string of the molecule is CC(=O)Nc1ccc([C@@H](N)CC(F)(F)F)cc1. The lowest BCUT2D eigenvalue weighted by atomic mass is 10.0. The van der Waals surface area contributed by atoms with Crippen LogP contribution in [0.2, 0.25) is 0 Å². The summed E-state index contributed by atoms with van der Waals surface area (Å²) in [4.78, 5) is 10.7. The third kappa shape index (κ3) is 4.86. The molecule has 1 amide bonds. The Bertz CT molecular complexity index is 387. The van der Waals surface area contributed by atoms with Gasteiger partial charge in [-0.2, -0.15) is 13.2 Å². The summed E-state index contributed by atoms with van der Waals surface area (Å²) in [5.74, 6) is -0.239. The number of alkyl halides is 3. The van der Waals surface area contributed by atoms with Gasteiger partial charge >= 0.3 is 6.18 Å². The number of hydrogen-bond donors (Lipinski definition) is 2. The molecule has 0 unspecified atom stereocenters. The summed E-state index contributed by atoms with van der Waals surface area (Å²) in [6.45, 7) is 1.35. The summed E-state index contributed by atoms with van der Waals surface area (Å²) in [5.41, 5.74) is 6.34. The minimum absolute atomic E-state index is 0.239. The van der Waals surface area contributed by atoms with Crippen LogP contribution in [0.1, 0.15) is 24.9 Å². The third-order valence-corrected chi connectivity index (χ3v) is 2.11. The fourth-order valence-electron chi connectivity index (χ4n) is 1.38. The van der Waals surface area contributed by atoms with Gasteiger partial charge in [0.15, 0.2) is 0 Å². The van der Waals surface area contributed by atoms with E-state index in [-0.39, 0.29) is 5.91 Å². The van der Waals surface area contributed by atoms with E-state index in [4.69, 9.17) is 5.73 Å². The van der Waals surface area contributed by atoms with Gasteiger partial charge in [0.25, 0.3) is 0 Å². The van der Waals surface area contributed by atoms with Crippen LogP contribution in [-0.4, -0.2) is 12.1 Å². The molecule has 0 aliphatic heterocycles. The highest BCUT2D eigenvalue weighted by atomic mass is 19.4. The molecule has 94 valence electrons. The molecule has 3 nitrogen and oxygen atoms in total. The van der Waals surface area contributed by atoms with Crippen LogP contribution in [0.5, 0.6) is 0 Å². The van der Waals surface area contributed by atoms with Gasteiger partial charge in [-0.1, -0.05) is 12.1 Å². The molecule has 1 rings (SSSR count). The van der Waals surface area contributed by atoms with Crippen LogP contribution in [0.25, 0.3) is 0 Å². The number of nitrogens with one attached hydrogen (secondary N) is 1. The Morgan fingerprint density at radius 2 is 1.88 bits per heavy atom. The van der Waals surface area contributed by atoms with E-state index in [0.717, 1.165) is 0 Å². The van der Waals surface area contributed by atoms with Gasteiger partial charge in [-0.3, -0.25) is 4.79 Å². The molecule has 0 saturated heterocycles. The van der Waals surface area contributed by atoms with Crippen LogP contribution in [0.4, 0.5) is 18.9 Å². The van der Waals surface area contributed by atoms with E-state index >= 15 is 0 Å². The maximum atomic E-state index is 12.1. The summed E-state index contributed by atoms with van der Waals surface area (Å²) in [6, 6.07) is 4.91. The molecule has 0 radical (unpaired) electrons. The van der Waals surface area contributed by atoms with E-state index in [1.54, 1.807) is 0 Å². The molecule has 0 heterocycles. The van der Waals surface area contributed by atoms with Crippen molar-refractivity contribution in [2.24, 2.45) is 5.73 Å². The number of rotatable bonds is 3. The molecule has 1 aromatic rings. The molecule has 0 fully saturated rings. The average Bonchev–Trinajstić information content (AvgIpc) is 2.15. The lowest BCUT2D eigenvalue weighted by Crippen LogP contribution is -2.20. The molecular weight excluding hydrogens is 233 g/mol. The van der Waals surface area contributed by atoms with Crippen molar-refractivity contribution in [2.45, 2.75) is 25.6 Å². The second-order valence-electron chi connectivity index (χ2n) is 3.73. The molecule has 0 aliphatic rings. The van der Waals surface area contributed by atoms with Gasteiger partial charge < -0.3 is 11.1 Å². The summed E-state index contributed by atoms with van der Waals surface area (Å²) >= 11 is 0. The van der Waals surface area contributed by atoms with E-state index in [2.05, 4.69) is 5.32 Å². The molecule has 0 aromatic heterocycles. The minimum Gasteiger partial charge on any atom is -0.326 e. The van der Waals surface area contributed by atoms with Crippen molar-refractivity contribution >= 4 is 11.6 Å². The fraction of sp³-hybridized carbons (Fsp3) is 0.364. The van der Waals surface area contributed by atoms with Gasteiger partial charge in [-0.25, -0.2) is 0 Å². The fourth-order valence-corrected chi connectivity index (χ4v) is 1.38. The van der Waals surface area contributed by atoms with Gasteiger partial charge in [-0.05, 0) is 17.7 Å². The first-order valence-corrected chi connectivity index (χ1v) is 4.98. The predicted molar refractivity (Wildman–Crippen MR) is 58.3 cm³/mol. The molecule has 0 bridgehead atoms.